The highest BCUT2D eigenvalue weighted by Gasteiger charge is 2.53. The van der Waals surface area contributed by atoms with Crippen molar-refractivity contribution < 1.29 is 35.4 Å². The third-order valence-electron chi connectivity index (χ3n) is 3.23. The molecule has 0 amide bonds. The second-order valence-electron chi connectivity index (χ2n) is 4.51. The Labute approximate surface area is 108 Å². The van der Waals surface area contributed by atoms with Crippen LogP contribution >= 0.6 is 0 Å². The van der Waals surface area contributed by atoms with E-state index in [4.69, 9.17) is 9.84 Å². The molecule has 1 aromatic rings. The summed E-state index contributed by atoms with van der Waals surface area (Å²) in [4.78, 5) is 0. The second kappa shape index (κ2) is 5.04. The first-order chi connectivity index (χ1) is 8.90. The van der Waals surface area contributed by atoms with Crippen LogP contribution in [-0.2, 0) is 10.5 Å². The van der Waals surface area contributed by atoms with E-state index in [0.717, 1.165) is 6.07 Å². The van der Waals surface area contributed by atoms with Crippen LogP contribution in [0.4, 0.5) is 0 Å². The minimum Gasteiger partial charge on any atom is -0.508 e. The van der Waals surface area contributed by atoms with Gasteiger partial charge in [0.15, 0.2) is 0 Å². The Kier molecular flexibility index (Phi) is 3.77. The highest BCUT2D eigenvalue weighted by atomic mass is 16.7. The van der Waals surface area contributed by atoms with Crippen LogP contribution in [-0.4, -0.2) is 61.7 Å². The number of rotatable bonds is 2. The van der Waals surface area contributed by atoms with Gasteiger partial charge in [0.25, 0.3) is 0 Å². The fraction of sp³-hybridized carbons (Fsp3) is 0.500. The Morgan fingerprint density at radius 1 is 1.16 bits per heavy atom. The number of benzene rings is 1. The molecule has 6 N–H and O–H groups in total. The van der Waals surface area contributed by atoms with Gasteiger partial charge in [0.05, 0.1) is 6.61 Å². The minimum atomic E-state index is -2.33. The molecule has 1 aliphatic heterocycles. The Bertz CT molecular complexity index is 449. The van der Waals surface area contributed by atoms with E-state index in [1.807, 2.05) is 0 Å². The number of aromatic hydroxyl groups is 1. The first-order valence-electron chi connectivity index (χ1n) is 5.75. The van der Waals surface area contributed by atoms with Gasteiger partial charge in [0.2, 0.25) is 5.79 Å². The lowest BCUT2D eigenvalue weighted by Crippen LogP contribution is -2.63. The molecule has 0 bridgehead atoms. The average Bonchev–Trinajstić information content (AvgIpc) is 2.40. The van der Waals surface area contributed by atoms with E-state index in [1.165, 1.54) is 18.2 Å². The van der Waals surface area contributed by atoms with E-state index in [1.54, 1.807) is 0 Å². The molecule has 1 aliphatic rings. The summed E-state index contributed by atoms with van der Waals surface area (Å²) < 4.78 is 5.09. The topological polar surface area (TPSA) is 131 Å². The maximum atomic E-state index is 10.4. The van der Waals surface area contributed by atoms with Crippen LogP contribution in [0.25, 0.3) is 0 Å². The normalized spacial score (nSPS) is 39.2. The first-order valence-corrected chi connectivity index (χ1v) is 5.75. The van der Waals surface area contributed by atoms with E-state index in [9.17, 15) is 25.5 Å². The first kappa shape index (κ1) is 14.2. The van der Waals surface area contributed by atoms with E-state index in [0.29, 0.717) is 0 Å². The Morgan fingerprint density at radius 2 is 1.84 bits per heavy atom. The van der Waals surface area contributed by atoms with E-state index >= 15 is 0 Å². The quantitative estimate of drug-likeness (QED) is 0.367. The zero-order valence-electron chi connectivity index (χ0n) is 9.92. The fourth-order valence-corrected chi connectivity index (χ4v) is 2.12. The van der Waals surface area contributed by atoms with Crippen molar-refractivity contribution in [2.75, 3.05) is 6.61 Å². The van der Waals surface area contributed by atoms with Crippen molar-refractivity contribution in [2.24, 2.45) is 0 Å². The molecule has 106 valence electrons. The summed E-state index contributed by atoms with van der Waals surface area (Å²) in [6.45, 7) is -0.647. The number of aliphatic hydroxyl groups excluding tert-OH is 4. The van der Waals surface area contributed by atoms with E-state index in [-0.39, 0.29) is 11.3 Å². The van der Waals surface area contributed by atoms with Crippen molar-refractivity contribution in [2.45, 2.75) is 30.2 Å². The summed E-state index contributed by atoms with van der Waals surface area (Å²) >= 11 is 0. The zero-order chi connectivity index (χ0) is 14.2. The highest BCUT2D eigenvalue weighted by Crippen LogP contribution is 2.37. The molecule has 19 heavy (non-hydrogen) atoms. The molecular formula is C12H16O7. The second-order valence-corrected chi connectivity index (χ2v) is 4.51. The van der Waals surface area contributed by atoms with Gasteiger partial charge in [0, 0.05) is 5.56 Å². The van der Waals surface area contributed by atoms with Crippen LogP contribution in [0.3, 0.4) is 0 Å². The van der Waals surface area contributed by atoms with Gasteiger partial charge in [-0.3, -0.25) is 0 Å². The van der Waals surface area contributed by atoms with Gasteiger partial charge >= 0.3 is 0 Å². The summed E-state index contributed by atoms with van der Waals surface area (Å²) in [5.74, 6) is -2.49. The predicted molar refractivity (Wildman–Crippen MR) is 62.0 cm³/mol. The number of phenolic OH excluding ortho intramolecular Hbond substituents is 1. The van der Waals surface area contributed by atoms with Crippen molar-refractivity contribution >= 4 is 0 Å². The van der Waals surface area contributed by atoms with Gasteiger partial charge in [-0.2, -0.15) is 0 Å². The van der Waals surface area contributed by atoms with Gasteiger partial charge in [-0.05, 0) is 12.1 Å². The van der Waals surface area contributed by atoms with Crippen LogP contribution in [0.15, 0.2) is 24.3 Å². The van der Waals surface area contributed by atoms with Gasteiger partial charge in [-0.15, -0.1) is 0 Å². The van der Waals surface area contributed by atoms with E-state index < -0.39 is 36.8 Å². The third kappa shape index (κ3) is 2.32. The van der Waals surface area contributed by atoms with E-state index in [2.05, 4.69) is 0 Å². The summed E-state index contributed by atoms with van der Waals surface area (Å²) in [6.07, 6.45) is -6.31. The van der Waals surface area contributed by atoms with Crippen LogP contribution in [0, 0.1) is 0 Å². The van der Waals surface area contributed by atoms with Crippen molar-refractivity contribution in [3.05, 3.63) is 29.8 Å². The van der Waals surface area contributed by atoms with Crippen molar-refractivity contribution in [1.82, 2.24) is 0 Å². The van der Waals surface area contributed by atoms with Gasteiger partial charge < -0.3 is 35.4 Å². The standard InChI is InChI=1S/C12H16O7/c13-5-8-9(15)10(16)11(17)12(18,19-8)6-2-1-3-7(14)4-6/h1-4,8-11,13-18H,5H2/t8-,9-,10+,11-,12?/m1/s1. The lowest BCUT2D eigenvalue weighted by atomic mass is 9.88. The van der Waals surface area contributed by atoms with Crippen LogP contribution in [0.2, 0.25) is 0 Å². The Morgan fingerprint density at radius 3 is 2.42 bits per heavy atom. The summed E-state index contributed by atoms with van der Waals surface area (Å²) in [5, 5.41) is 58.0. The summed E-state index contributed by atoms with van der Waals surface area (Å²) in [6, 6.07) is 5.31. The molecule has 5 atom stereocenters. The molecule has 0 radical (unpaired) electrons. The maximum absolute atomic E-state index is 10.4. The lowest BCUT2D eigenvalue weighted by Gasteiger charge is -2.45. The molecule has 1 fully saturated rings. The average molecular weight is 272 g/mol. The number of phenols is 1. The van der Waals surface area contributed by atoms with Crippen molar-refractivity contribution in [3.8, 4) is 5.75 Å². The monoisotopic (exact) mass is 272 g/mol. The Hall–Kier alpha value is -1.22. The molecule has 0 saturated carbocycles. The molecule has 7 nitrogen and oxygen atoms in total. The molecule has 2 rings (SSSR count). The van der Waals surface area contributed by atoms with Crippen molar-refractivity contribution in [1.29, 1.82) is 0 Å². The largest absolute Gasteiger partial charge is 0.508 e. The molecule has 1 saturated heterocycles. The SMILES string of the molecule is OC[C@H]1OC(O)(c2cccc(O)c2)[C@H](O)[C@@H](O)[C@@H]1O. The molecule has 1 heterocycles. The molecule has 1 unspecified atom stereocenters. The molecule has 1 aromatic carbocycles. The zero-order valence-corrected chi connectivity index (χ0v) is 9.92. The number of ether oxygens (including phenoxy) is 1. The highest BCUT2D eigenvalue weighted by molar-refractivity contribution is 5.31. The van der Waals surface area contributed by atoms with Crippen LogP contribution in [0.1, 0.15) is 5.56 Å². The maximum Gasteiger partial charge on any atom is 0.222 e. The lowest BCUT2D eigenvalue weighted by molar-refractivity contribution is -0.357. The molecular weight excluding hydrogens is 256 g/mol. The number of aliphatic hydroxyl groups is 5. The third-order valence-corrected chi connectivity index (χ3v) is 3.23. The number of hydrogen-bond donors (Lipinski definition) is 6. The predicted octanol–water partition coefficient (Wildman–Crippen LogP) is -1.99. The minimum absolute atomic E-state index is 0.00407. The van der Waals surface area contributed by atoms with Crippen LogP contribution in [0.5, 0.6) is 5.75 Å². The van der Waals surface area contributed by atoms with Crippen molar-refractivity contribution in [3.63, 3.8) is 0 Å². The van der Waals surface area contributed by atoms with Gasteiger partial charge in [0.1, 0.15) is 30.2 Å². The van der Waals surface area contributed by atoms with Gasteiger partial charge in [-0.25, -0.2) is 0 Å². The van der Waals surface area contributed by atoms with Crippen LogP contribution < -0.4 is 0 Å². The smallest absolute Gasteiger partial charge is 0.222 e. The summed E-state index contributed by atoms with van der Waals surface area (Å²) in [7, 11) is 0. The molecule has 0 aromatic heterocycles. The molecule has 7 heteroatoms. The Balaban J connectivity index is 2.40. The summed E-state index contributed by atoms with van der Waals surface area (Å²) in [5.41, 5.74) is 0.00407. The molecule has 0 aliphatic carbocycles. The molecule has 0 spiro atoms. The fourth-order valence-electron chi connectivity index (χ4n) is 2.12. The van der Waals surface area contributed by atoms with Gasteiger partial charge in [-0.1, -0.05) is 12.1 Å². The number of hydrogen-bond acceptors (Lipinski definition) is 7.